The predicted molar refractivity (Wildman–Crippen MR) is 199 cm³/mol. The number of terminal acetylenes is 1. The third-order valence-corrected chi connectivity index (χ3v) is 12.0. The van der Waals surface area contributed by atoms with E-state index in [1.807, 2.05) is 6.07 Å². The summed E-state index contributed by atoms with van der Waals surface area (Å²) < 4.78 is 70.7. The number of benzene rings is 2. The van der Waals surface area contributed by atoms with Crippen LogP contribution >= 0.6 is 0 Å². The zero-order chi connectivity index (χ0) is 37.8. The van der Waals surface area contributed by atoms with Crippen LogP contribution in [-0.2, 0) is 6.42 Å². The molecule has 9 rings (SSSR count). The van der Waals surface area contributed by atoms with E-state index < -0.39 is 23.8 Å². The SMILES string of the molecule is C#Cc1c(F)ccc2cccc(-c3nc4c5c(nc(OC[C@@]67CCCN6[C@H](COc6cnc(C(F)F)cn6)CC7)nc5c3F)N3CCN[C@@H](C)[C@H]3CCC4)c12. The third-order valence-electron chi connectivity index (χ3n) is 12.0. The number of halogens is 4. The Morgan fingerprint density at radius 2 is 1.89 bits per heavy atom. The number of rotatable bonds is 8. The predicted octanol–water partition coefficient (Wildman–Crippen LogP) is 6.79. The van der Waals surface area contributed by atoms with Crippen LogP contribution in [0, 0.1) is 24.0 Å². The van der Waals surface area contributed by atoms with Crippen molar-refractivity contribution in [1.82, 2.24) is 35.1 Å². The van der Waals surface area contributed by atoms with Crippen LogP contribution in [0.1, 0.15) is 68.8 Å². The molecule has 0 unspecified atom stereocenters. The van der Waals surface area contributed by atoms with Crippen LogP contribution < -0.4 is 19.7 Å². The Morgan fingerprint density at radius 3 is 2.71 bits per heavy atom. The Labute approximate surface area is 315 Å². The van der Waals surface area contributed by atoms with Gasteiger partial charge >= 0.3 is 6.01 Å². The van der Waals surface area contributed by atoms with Gasteiger partial charge in [-0.15, -0.1) is 6.42 Å². The smallest absolute Gasteiger partial charge is 0.319 e. The van der Waals surface area contributed by atoms with Gasteiger partial charge in [-0.2, -0.15) is 9.97 Å². The molecule has 0 aliphatic carbocycles. The van der Waals surface area contributed by atoms with Gasteiger partial charge in [0.15, 0.2) is 5.82 Å². The first-order chi connectivity index (χ1) is 26.7. The van der Waals surface area contributed by atoms with Gasteiger partial charge in [-0.1, -0.05) is 30.2 Å². The van der Waals surface area contributed by atoms with E-state index in [1.54, 1.807) is 18.2 Å². The number of pyridine rings is 1. The Bertz CT molecular complexity index is 2320. The zero-order valence-electron chi connectivity index (χ0n) is 30.4. The molecule has 4 aliphatic rings. The number of anilines is 1. The third kappa shape index (κ3) is 6.17. The maximum Gasteiger partial charge on any atom is 0.319 e. The van der Waals surface area contributed by atoms with Gasteiger partial charge in [0.25, 0.3) is 6.43 Å². The first-order valence-electron chi connectivity index (χ1n) is 19.0. The highest BCUT2D eigenvalue weighted by molar-refractivity contribution is 6.02. The molecular formula is C41H40F4N8O2. The van der Waals surface area contributed by atoms with Gasteiger partial charge in [0.1, 0.15) is 41.8 Å². The summed E-state index contributed by atoms with van der Waals surface area (Å²) in [5, 5.41) is 5.26. The molecule has 2 aromatic carbocycles. The lowest BCUT2D eigenvalue weighted by Gasteiger charge is -2.43. The van der Waals surface area contributed by atoms with E-state index in [1.165, 1.54) is 12.3 Å². The van der Waals surface area contributed by atoms with Crippen molar-refractivity contribution in [2.45, 2.75) is 82.0 Å². The lowest BCUT2D eigenvalue weighted by molar-refractivity contribution is 0.0677. The summed E-state index contributed by atoms with van der Waals surface area (Å²) in [4.78, 5) is 27.2. The van der Waals surface area contributed by atoms with Crippen LogP contribution in [0.5, 0.6) is 11.9 Å². The number of nitrogens with one attached hydrogen (secondary N) is 1. The van der Waals surface area contributed by atoms with Gasteiger partial charge < -0.3 is 19.7 Å². The van der Waals surface area contributed by atoms with Gasteiger partial charge in [-0.25, -0.2) is 32.5 Å². The van der Waals surface area contributed by atoms with E-state index >= 15 is 8.78 Å². The van der Waals surface area contributed by atoms with Crippen molar-refractivity contribution in [2.75, 3.05) is 37.7 Å². The Kier molecular flexibility index (Phi) is 9.17. The van der Waals surface area contributed by atoms with Crippen molar-refractivity contribution >= 4 is 27.5 Å². The molecule has 3 aromatic heterocycles. The Morgan fingerprint density at radius 1 is 1.00 bits per heavy atom. The van der Waals surface area contributed by atoms with Crippen molar-refractivity contribution in [1.29, 1.82) is 0 Å². The normalized spacial score (nSPS) is 23.7. The maximum atomic E-state index is 17.3. The summed E-state index contributed by atoms with van der Waals surface area (Å²) in [6.07, 6.45) is 11.2. The minimum atomic E-state index is -2.70. The summed E-state index contributed by atoms with van der Waals surface area (Å²) in [6.45, 7) is 5.04. The fourth-order valence-corrected chi connectivity index (χ4v) is 9.34. The molecule has 3 fully saturated rings. The molecule has 55 heavy (non-hydrogen) atoms. The number of nitrogens with zero attached hydrogens (tertiary/aromatic N) is 7. The molecular weight excluding hydrogens is 712 g/mol. The average Bonchev–Trinajstić information content (AvgIpc) is 3.76. The summed E-state index contributed by atoms with van der Waals surface area (Å²) in [6, 6.07) is 8.76. The highest BCUT2D eigenvalue weighted by Crippen LogP contribution is 2.44. The Hall–Kier alpha value is -5.13. The largest absolute Gasteiger partial charge is 0.475 e. The van der Waals surface area contributed by atoms with E-state index in [0.717, 1.165) is 57.8 Å². The maximum absolute atomic E-state index is 17.3. The summed E-state index contributed by atoms with van der Waals surface area (Å²) >= 11 is 0. The molecule has 7 heterocycles. The highest BCUT2D eigenvalue weighted by Gasteiger charge is 2.50. The van der Waals surface area contributed by atoms with Crippen molar-refractivity contribution in [3.8, 4) is 35.5 Å². The van der Waals surface area contributed by atoms with Gasteiger partial charge in [-0.05, 0) is 69.9 Å². The highest BCUT2D eigenvalue weighted by atomic mass is 19.3. The van der Waals surface area contributed by atoms with Gasteiger partial charge in [0, 0.05) is 42.2 Å². The van der Waals surface area contributed by atoms with E-state index in [2.05, 4.69) is 37.9 Å². The second-order valence-electron chi connectivity index (χ2n) is 15.0. The topological polar surface area (TPSA) is 101 Å². The first-order valence-corrected chi connectivity index (χ1v) is 19.0. The molecule has 4 atom stereocenters. The number of aryl methyl sites for hydroxylation is 1. The van der Waals surface area contributed by atoms with Crippen molar-refractivity contribution in [2.24, 2.45) is 0 Å². The second kappa shape index (κ2) is 14.2. The quantitative estimate of drug-likeness (QED) is 0.135. The standard InChI is InChI=1S/C41H40F4N8O2/c1-3-26-28(42)12-11-24-7-4-8-27(33(24)26)36-35(43)37-34-29(49-36)9-5-10-31-23(2)46-16-18-52(31)39(34)51-40(50-37)55-22-41-14-6-17-53(41)25(13-15-41)21-54-32-20-47-30(19-48-32)38(44)45/h1,4,7-8,11-12,19-20,23,25,31,38,46H,5-6,9-10,13-18,21-22H2,2H3/t23-,25-,31+,41-/m0/s1. The molecule has 3 saturated heterocycles. The van der Waals surface area contributed by atoms with E-state index in [4.69, 9.17) is 30.8 Å². The minimum Gasteiger partial charge on any atom is -0.475 e. The number of hydrogen-bond donors (Lipinski definition) is 1. The van der Waals surface area contributed by atoms with Crippen molar-refractivity contribution in [3.05, 3.63) is 71.3 Å². The van der Waals surface area contributed by atoms with Crippen molar-refractivity contribution < 1.29 is 27.0 Å². The zero-order valence-corrected chi connectivity index (χ0v) is 30.4. The molecule has 0 amide bonds. The molecule has 14 heteroatoms. The molecule has 284 valence electrons. The molecule has 0 saturated carbocycles. The van der Waals surface area contributed by atoms with Crippen LogP contribution in [0.4, 0.5) is 23.4 Å². The number of fused-ring (bicyclic) bond motifs is 4. The van der Waals surface area contributed by atoms with Crippen LogP contribution in [0.2, 0.25) is 0 Å². The Balaban J connectivity index is 1.09. The van der Waals surface area contributed by atoms with E-state index in [-0.39, 0.29) is 52.3 Å². The number of ether oxygens (including phenoxy) is 2. The average molecular weight is 753 g/mol. The molecule has 0 bridgehead atoms. The van der Waals surface area contributed by atoms with Gasteiger partial charge in [0.05, 0.1) is 34.6 Å². The molecule has 10 nitrogen and oxygen atoms in total. The number of alkyl halides is 2. The molecule has 0 spiro atoms. The van der Waals surface area contributed by atoms with Gasteiger partial charge in [0.2, 0.25) is 5.88 Å². The minimum absolute atomic E-state index is 0.0559. The van der Waals surface area contributed by atoms with Crippen LogP contribution in [0.15, 0.2) is 42.7 Å². The second-order valence-corrected chi connectivity index (χ2v) is 15.0. The van der Waals surface area contributed by atoms with Crippen LogP contribution in [0.25, 0.3) is 32.9 Å². The van der Waals surface area contributed by atoms with Crippen LogP contribution in [-0.4, -0.2) is 86.3 Å². The van der Waals surface area contributed by atoms with Crippen molar-refractivity contribution in [3.63, 3.8) is 0 Å². The fourth-order valence-electron chi connectivity index (χ4n) is 9.34. The van der Waals surface area contributed by atoms with E-state index in [9.17, 15) is 8.78 Å². The number of hydrogen-bond acceptors (Lipinski definition) is 10. The van der Waals surface area contributed by atoms with Gasteiger partial charge in [-0.3, -0.25) is 4.90 Å². The van der Waals surface area contributed by atoms with Crippen LogP contribution in [0.3, 0.4) is 0 Å². The summed E-state index contributed by atoms with van der Waals surface area (Å²) in [5.74, 6) is 2.08. The summed E-state index contributed by atoms with van der Waals surface area (Å²) in [7, 11) is 0. The summed E-state index contributed by atoms with van der Waals surface area (Å²) in [5.41, 5.74) is 0.606. The monoisotopic (exact) mass is 752 g/mol. The number of aromatic nitrogens is 5. The lowest BCUT2D eigenvalue weighted by Crippen LogP contribution is -2.57. The lowest BCUT2D eigenvalue weighted by atomic mass is 9.93. The molecule has 1 N–H and O–H groups in total. The van der Waals surface area contributed by atoms with E-state index in [0.29, 0.717) is 59.4 Å². The molecule has 5 aromatic rings. The molecule has 0 radical (unpaired) electrons. The first kappa shape index (κ1) is 35.6. The molecule has 4 aliphatic heterocycles. The number of piperazine rings is 1. The fraction of sp³-hybridized carbons (Fsp3) is 0.439.